The Morgan fingerprint density at radius 2 is 1.85 bits per heavy atom. The van der Waals surface area contributed by atoms with Crippen molar-refractivity contribution in [2.75, 3.05) is 14.2 Å². The summed E-state index contributed by atoms with van der Waals surface area (Å²) in [7, 11) is 2.98. The Kier molecular flexibility index (Phi) is 7.35. The van der Waals surface area contributed by atoms with Gasteiger partial charge in [-0.1, -0.05) is 24.3 Å². The number of rotatable bonds is 7. The van der Waals surface area contributed by atoms with Crippen LogP contribution in [-0.2, 0) is 14.4 Å². The van der Waals surface area contributed by atoms with Gasteiger partial charge in [0.15, 0.2) is 11.8 Å². The quantitative estimate of drug-likeness (QED) is 0.540. The molecule has 0 saturated heterocycles. The number of benzene rings is 2. The minimum atomic E-state index is -1.38. The number of nitrogens with one attached hydrogen (secondary N) is 2. The Morgan fingerprint density at radius 1 is 1.15 bits per heavy atom. The van der Waals surface area contributed by atoms with Crippen molar-refractivity contribution >= 4 is 23.7 Å². The standard InChI is InChI=1S/C25H27N3O6/c1-14-7-5-6-8-17(14)18-11-16(34-4)12-19(15(18)2)20(13-22(30)31)26-25(33)27-23-21(29)9-10-28(3)24(23)32/h5-12,20,23H,13H2,1-4H3,(H,30,31)(H2,26,27,33). The topological polar surface area (TPSA) is 125 Å². The first-order valence-electron chi connectivity index (χ1n) is 10.6. The van der Waals surface area contributed by atoms with Crippen LogP contribution >= 0.6 is 0 Å². The predicted molar refractivity (Wildman–Crippen MR) is 125 cm³/mol. The minimum Gasteiger partial charge on any atom is -0.497 e. The summed E-state index contributed by atoms with van der Waals surface area (Å²) in [5.41, 5.74) is 4.14. The van der Waals surface area contributed by atoms with Crippen LogP contribution < -0.4 is 15.4 Å². The van der Waals surface area contributed by atoms with Gasteiger partial charge in [-0.05, 0) is 53.8 Å². The third-order valence-corrected chi connectivity index (χ3v) is 5.77. The number of carbonyl (C=O) groups excluding carboxylic acids is 3. The number of likely N-dealkylation sites (N-methyl/N-ethyl adjacent to an activating group) is 1. The Hall–Kier alpha value is -4.14. The summed E-state index contributed by atoms with van der Waals surface area (Å²) in [6.07, 6.45) is 2.10. The SMILES string of the molecule is COc1cc(-c2ccccc2C)c(C)c(C(CC(=O)O)NC(=O)NC2C(=O)C=CN(C)C2=O)c1. The summed E-state index contributed by atoms with van der Waals surface area (Å²) < 4.78 is 5.46. The first-order chi connectivity index (χ1) is 16.1. The van der Waals surface area contributed by atoms with E-state index in [0.29, 0.717) is 11.3 Å². The molecule has 0 radical (unpaired) electrons. The van der Waals surface area contributed by atoms with Gasteiger partial charge in [0.05, 0.1) is 19.6 Å². The molecule has 2 unspecified atom stereocenters. The number of nitrogens with zero attached hydrogens (tertiary/aromatic N) is 1. The van der Waals surface area contributed by atoms with E-state index in [1.807, 2.05) is 44.2 Å². The molecule has 0 fully saturated rings. The lowest BCUT2D eigenvalue weighted by Crippen LogP contribution is -2.55. The molecule has 3 N–H and O–H groups in total. The van der Waals surface area contributed by atoms with Crippen LogP contribution in [0.4, 0.5) is 4.79 Å². The van der Waals surface area contributed by atoms with Crippen molar-refractivity contribution in [1.82, 2.24) is 15.5 Å². The fraction of sp³-hybridized carbons (Fsp3) is 0.280. The van der Waals surface area contributed by atoms with Gasteiger partial charge < -0.3 is 25.4 Å². The van der Waals surface area contributed by atoms with Crippen molar-refractivity contribution in [3.63, 3.8) is 0 Å². The zero-order valence-electron chi connectivity index (χ0n) is 19.4. The van der Waals surface area contributed by atoms with Gasteiger partial charge in [0, 0.05) is 19.3 Å². The molecule has 0 spiro atoms. The van der Waals surface area contributed by atoms with Crippen molar-refractivity contribution in [3.8, 4) is 16.9 Å². The minimum absolute atomic E-state index is 0.416. The van der Waals surface area contributed by atoms with Gasteiger partial charge in [0.1, 0.15) is 5.75 Å². The highest BCUT2D eigenvalue weighted by molar-refractivity contribution is 6.14. The molecular formula is C25H27N3O6. The van der Waals surface area contributed by atoms with E-state index in [2.05, 4.69) is 10.6 Å². The highest BCUT2D eigenvalue weighted by atomic mass is 16.5. The number of ether oxygens (including phenoxy) is 1. The van der Waals surface area contributed by atoms with E-state index in [9.17, 15) is 24.3 Å². The molecule has 9 heteroatoms. The first kappa shape index (κ1) is 24.5. The molecule has 0 aromatic heterocycles. The number of carboxylic acids is 1. The number of aliphatic carboxylic acids is 1. The molecule has 178 valence electrons. The Labute approximate surface area is 197 Å². The molecule has 2 aromatic rings. The van der Waals surface area contributed by atoms with Gasteiger partial charge in [-0.25, -0.2) is 4.79 Å². The molecule has 3 rings (SSSR count). The molecule has 9 nitrogen and oxygen atoms in total. The van der Waals surface area contributed by atoms with Gasteiger partial charge >= 0.3 is 12.0 Å². The third-order valence-electron chi connectivity index (χ3n) is 5.77. The molecule has 0 saturated carbocycles. The van der Waals surface area contributed by atoms with E-state index in [1.54, 1.807) is 6.07 Å². The van der Waals surface area contributed by atoms with Crippen LogP contribution in [0.15, 0.2) is 48.7 Å². The molecule has 0 aliphatic carbocycles. The zero-order chi connectivity index (χ0) is 25.0. The summed E-state index contributed by atoms with van der Waals surface area (Å²) in [5, 5.41) is 14.5. The van der Waals surface area contributed by atoms with E-state index in [1.165, 1.54) is 31.3 Å². The van der Waals surface area contributed by atoms with Crippen molar-refractivity contribution in [2.45, 2.75) is 32.4 Å². The lowest BCUT2D eigenvalue weighted by Gasteiger charge is -2.26. The van der Waals surface area contributed by atoms with Crippen LogP contribution in [0.25, 0.3) is 11.1 Å². The first-order valence-corrected chi connectivity index (χ1v) is 10.6. The van der Waals surface area contributed by atoms with Crippen molar-refractivity contribution in [1.29, 1.82) is 0 Å². The number of carboxylic acid groups (broad SMARTS) is 1. The number of hydrogen-bond acceptors (Lipinski definition) is 5. The van der Waals surface area contributed by atoms with Crippen LogP contribution in [0.5, 0.6) is 5.75 Å². The van der Waals surface area contributed by atoms with E-state index in [4.69, 9.17) is 4.74 Å². The summed E-state index contributed by atoms with van der Waals surface area (Å²) in [6, 6.07) is 8.14. The fourth-order valence-corrected chi connectivity index (χ4v) is 3.90. The number of amides is 3. The molecule has 2 atom stereocenters. The molecule has 3 amide bonds. The monoisotopic (exact) mass is 465 g/mol. The summed E-state index contributed by atoms with van der Waals surface area (Å²) >= 11 is 0. The van der Waals surface area contributed by atoms with Gasteiger partial charge in [-0.2, -0.15) is 0 Å². The molecule has 34 heavy (non-hydrogen) atoms. The van der Waals surface area contributed by atoms with Gasteiger partial charge in [-0.3, -0.25) is 14.4 Å². The smallest absolute Gasteiger partial charge is 0.316 e. The molecule has 2 aromatic carbocycles. The maximum absolute atomic E-state index is 12.8. The second-order valence-corrected chi connectivity index (χ2v) is 8.07. The number of carbonyl (C=O) groups is 4. The summed E-state index contributed by atoms with van der Waals surface area (Å²) in [5.74, 6) is -1.78. The van der Waals surface area contributed by atoms with Crippen LogP contribution in [0.2, 0.25) is 0 Å². The van der Waals surface area contributed by atoms with Crippen molar-refractivity contribution in [3.05, 3.63) is 65.4 Å². The Bertz CT molecular complexity index is 1170. The van der Waals surface area contributed by atoms with Crippen LogP contribution in [-0.4, -0.2) is 53.9 Å². The largest absolute Gasteiger partial charge is 0.497 e. The molecule has 1 aliphatic heterocycles. The van der Waals surface area contributed by atoms with Crippen LogP contribution in [0, 0.1) is 13.8 Å². The maximum Gasteiger partial charge on any atom is 0.316 e. The summed E-state index contributed by atoms with van der Waals surface area (Å²) in [4.78, 5) is 50.0. The van der Waals surface area contributed by atoms with Gasteiger partial charge in [-0.15, -0.1) is 0 Å². The number of methoxy groups -OCH3 is 1. The number of urea groups is 1. The van der Waals surface area contributed by atoms with E-state index in [0.717, 1.165) is 22.3 Å². The summed E-state index contributed by atoms with van der Waals surface area (Å²) in [6.45, 7) is 3.82. The molecule has 0 bridgehead atoms. The average molecular weight is 466 g/mol. The number of aryl methyl sites for hydroxylation is 1. The van der Waals surface area contributed by atoms with Crippen LogP contribution in [0.3, 0.4) is 0 Å². The van der Waals surface area contributed by atoms with E-state index < -0.39 is 42.2 Å². The molecule has 1 heterocycles. The number of hydrogen-bond donors (Lipinski definition) is 3. The Balaban J connectivity index is 1.97. The van der Waals surface area contributed by atoms with E-state index in [-0.39, 0.29) is 0 Å². The van der Waals surface area contributed by atoms with Crippen molar-refractivity contribution < 1.29 is 29.0 Å². The van der Waals surface area contributed by atoms with Crippen LogP contribution in [0.1, 0.15) is 29.2 Å². The molecule has 1 aliphatic rings. The average Bonchev–Trinajstić information content (AvgIpc) is 2.79. The lowest BCUT2D eigenvalue weighted by molar-refractivity contribution is -0.138. The predicted octanol–water partition coefficient (Wildman–Crippen LogP) is 2.72. The highest BCUT2D eigenvalue weighted by Gasteiger charge is 2.33. The molecular weight excluding hydrogens is 438 g/mol. The fourth-order valence-electron chi connectivity index (χ4n) is 3.90. The zero-order valence-corrected chi connectivity index (χ0v) is 19.4. The highest BCUT2D eigenvalue weighted by Crippen LogP contribution is 2.35. The van der Waals surface area contributed by atoms with Crippen molar-refractivity contribution in [2.24, 2.45) is 0 Å². The maximum atomic E-state index is 12.8. The van der Waals surface area contributed by atoms with Gasteiger partial charge in [0.2, 0.25) is 0 Å². The van der Waals surface area contributed by atoms with E-state index >= 15 is 0 Å². The Morgan fingerprint density at radius 3 is 2.50 bits per heavy atom. The lowest BCUT2D eigenvalue weighted by atomic mass is 9.89. The second kappa shape index (κ2) is 10.2. The van der Waals surface area contributed by atoms with Gasteiger partial charge in [0.25, 0.3) is 5.91 Å². The normalized spacial score (nSPS) is 16.2. The second-order valence-electron chi connectivity index (χ2n) is 8.07. The third kappa shape index (κ3) is 5.25. The number of ketones is 1.